The molecule has 0 atom stereocenters. The van der Waals surface area contributed by atoms with Crippen LogP contribution in [0.5, 0.6) is 0 Å². The van der Waals surface area contributed by atoms with Crippen LogP contribution < -0.4 is 10.2 Å². The maximum atomic E-state index is 4.69. The third kappa shape index (κ3) is 4.30. The monoisotopic (exact) mass is 291 g/mol. The van der Waals surface area contributed by atoms with E-state index >= 15 is 0 Å². The van der Waals surface area contributed by atoms with Crippen molar-refractivity contribution in [2.75, 3.05) is 32.1 Å². The quantitative estimate of drug-likeness (QED) is 0.908. The highest BCUT2D eigenvalue weighted by atomic mass is 35.5. The van der Waals surface area contributed by atoms with Gasteiger partial charge in [0.1, 0.15) is 0 Å². The van der Waals surface area contributed by atoms with Gasteiger partial charge < -0.3 is 10.2 Å². The molecule has 0 spiro atoms. The van der Waals surface area contributed by atoms with Crippen molar-refractivity contribution in [2.45, 2.75) is 25.7 Å². The smallest absolute Gasteiger partial charge is 0.0459 e. The highest BCUT2D eigenvalue weighted by molar-refractivity contribution is 5.85. The van der Waals surface area contributed by atoms with E-state index in [1.54, 1.807) is 0 Å². The highest BCUT2D eigenvalue weighted by Crippen LogP contribution is 2.26. The molecule has 104 valence electrons. The zero-order valence-corrected chi connectivity index (χ0v) is 12.9. The lowest BCUT2D eigenvalue weighted by atomic mass is 9.93. The van der Waals surface area contributed by atoms with Gasteiger partial charge in [-0.15, -0.1) is 24.8 Å². The normalized spacial score (nSPS) is 15.5. The van der Waals surface area contributed by atoms with Crippen LogP contribution in [0.4, 0.5) is 5.69 Å². The second-order valence-electron chi connectivity index (χ2n) is 4.81. The SMILES string of the molecule is Cc1cc(N(C)C)cc(C2CCNCC2)n1.Cl.Cl. The minimum atomic E-state index is 0. The number of halogens is 2. The molecule has 0 saturated carbocycles. The van der Waals surface area contributed by atoms with Crippen LogP contribution in [0.25, 0.3) is 0 Å². The molecule has 1 aliphatic heterocycles. The molecule has 5 heteroatoms. The van der Waals surface area contributed by atoms with Crippen molar-refractivity contribution in [1.29, 1.82) is 0 Å². The van der Waals surface area contributed by atoms with E-state index in [0.717, 1.165) is 18.8 Å². The lowest BCUT2D eigenvalue weighted by Crippen LogP contribution is -2.27. The van der Waals surface area contributed by atoms with Gasteiger partial charge in [0, 0.05) is 37.1 Å². The molecule has 1 aromatic rings. The number of hydrogen-bond acceptors (Lipinski definition) is 3. The summed E-state index contributed by atoms with van der Waals surface area (Å²) >= 11 is 0. The minimum Gasteiger partial charge on any atom is -0.378 e. The largest absolute Gasteiger partial charge is 0.378 e. The number of nitrogens with one attached hydrogen (secondary N) is 1. The molecule has 1 saturated heterocycles. The van der Waals surface area contributed by atoms with E-state index < -0.39 is 0 Å². The average molecular weight is 292 g/mol. The Morgan fingerprint density at radius 2 is 1.78 bits per heavy atom. The molecule has 0 radical (unpaired) electrons. The van der Waals surface area contributed by atoms with Crippen molar-refractivity contribution >= 4 is 30.5 Å². The fourth-order valence-corrected chi connectivity index (χ4v) is 2.26. The van der Waals surface area contributed by atoms with Crippen molar-refractivity contribution in [3.8, 4) is 0 Å². The third-order valence-electron chi connectivity index (χ3n) is 3.23. The first kappa shape index (κ1) is 17.5. The van der Waals surface area contributed by atoms with E-state index in [9.17, 15) is 0 Å². The molecule has 0 bridgehead atoms. The zero-order valence-electron chi connectivity index (χ0n) is 11.3. The first-order valence-corrected chi connectivity index (χ1v) is 6.03. The van der Waals surface area contributed by atoms with E-state index in [0.29, 0.717) is 5.92 Å². The van der Waals surface area contributed by atoms with Gasteiger partial charge >= 0.3 is 0 Å². The Morgan fingerprint density at radius 1 is 1.17 bits per heavy atom. The summed E-state index contributed by atoms with van der Waals surface area (Å²) in [5.74, 6) is 0.639. The summed E-state index contributed by atoms with van der Waals surface area (Å²) in [5.41, 5.74) is 3.66. The molecule has 2 rings (SSSR count). The number of aryl methyl sites for hydroxylation is 1. The lowest BCUT2D eigenvalue weighted by Gasteiger charge is -2.24. The number of nitrogens with zero attached hydrogens (tertiary/aromatic N) is 2. The Labute approximate surface area is 122 Å². The summed E-state index contributed by atoms with van der Waals surface area (Å²) in [6.07, 6.45) is 2.42. The summed E-state index contributed by atoms with van der Waals surface area (Å²) in [6.45, 7) is 4.33. The van der Waals surface area contributed by atoms with Crippen LogP contribution in [0.15, 0.2) is 12.1 Å². The number of rotatable bonds is 2. The fraction of sp³-hybridized carbons (Fsp3) is 0.615. The number of pyridine rings is 1. The van der Waals surface area contributed by atoms with Crippen LogP contribution in [0.2, 0.25) is 0 Å². The molecule has 3 nitrogen and oxygen atoms in total. The van der Waals surface area contributed by atoms with Gasteiger partial charge in [-0.05, 0) is 45.0 Å². The Bertz CT molecular complexity index is 363. The van der Waals surface area contributed by atoms with Crippen LogP contribution >= 0.6 is 24.8 Å². The molecule has 1 N–H and O–H groups in total. The second-order valence-corrected chi connectivity index (χ2v) is 4.81. The van der Waals surface area contributed by atoms with Gasteiger partial charge in [-0.2, -0.15) is 0 Å². The second kappa shape index (κ2) is 7.82. The first-order chi connectivity index (χ1) is 7.66. The number of aromatic nitrogens is 1. The number of hydrogen-bond donors (Lipinski definition) is 1. The molecule has 2 heterocycles. The molecule has 0 unspecified atom stereocenters. The molecule has 1 aromatic heterocycles. The third-order valence-corrected chi connectivity index (χ3v) is 3.23. The average Bonchev–Trinajstić information content (AvgIpc) is 2.29. The van der Waals surface area contributed by atoms with Crippen molar-refractivity contribution in [2.24, 2.45) is 0 Å². The Balaban J connectivity index is 0.00000144. The molecule has 1 aliphatic rings. The van der Waals surface area contributed by atoms with Crippen LogP contribution in [0, 0.1) is 6.92 Å². The molecule has 0 amide bonds. The fourth-order valence-electron chi connectivity index (χ4n) is 2.26. The number of anilines is 1. The van der Waals surface area contributed by atoms with Gasteiger partial charge in [-0.1, -0.05) is 0 Å². The molecule has 1 fully saturated rings. The van der Waals surface area contributed by atoms with Gasteiger partial charge in [0.25, 0.3) is 0 Å². The van der Waals surface area contributed by atoms with Gasteiger partial charge in [0.15, 0.2) is 0 Å². The van der Waals surface area contributed by atoms with Crippen molar-refractivity contribution < 1.29 is 0 Å². The van der Waals surface area contributed by atoms with E-state index in [-0.39, 0.29) is 24.8 Å². The minimum absolute atomic E-state index is 0. The van der Waals surface area contributed by atoms with Crippen molar-refractivity contribution in [3.63, 3.8) is 0 Å². The van der Waals surface area contributed by atoms with Crippen molar-refractivity contribution in [1.82, 2.24) is 10.3 Å². The topological polar surface area (TPSA) is 28.2 Å². The summed E-state index contributed by atoms with van der Waals surface area (Å²) in [7, 11) is 4.17. The van der Waals surface area contributed by atoms with Crippen LogP contribution in [0.3, 0.4) is 0 Å². The number of piperidine rings is 1. The predicted octanol–water partition coefficient (Wildman–Crippen LogP) is 2.77. The Hall–Kier alpha value is -0.510. The molecule has 0 aromatic carbocycles. The molecule has 18 heavy (non-hydrogen) atoms. The first-order valence-electron chi connectivity index (χ1n) is 6.03. The standard InChI is InChI=1S/C13H21N3.2ClH/c1-10-8-12(16(2)3)9-13(15-10)11-4-6-14-7-5-11;;/h8-9,11,14H,4-7H2,1-3H3;2*1H. The van der Waals surface area contributed by atoms with Gasteiger partial charge in [0.2, 0.25) is 0 Å². The summed E-state index contributed by atoms with van der Waals surface area (Å²) < 4.78 is 0. The van der Waals surface area contributed by atoms with Crippen LogP contribution in [0.1, 0.15) is 30.1 Å². The van der Waals surface area contributed by atoms with E-state index in [2.05, 4.69) is 48.4 Å². The predicted molar refractivity (Wildman–Crippen MR) is 82.6 cm³/mol. The lowest BCUT2D eigenvalue weighted by molar-refractivity contribution is 0.453. The maximum Gasteiger partial charge on any atom is 0.0459 e. The highest BCUT2D eigenvalue weighted by Gasteiger charge is 2.17. The van der Waals surface area contributed by atoms with Crippen molar-refractivity contribution in [3.05, 3.63) is 23.5 Å². The summed E-state index contributed by atoms with van der Waals surface area (Å²) in [6, 6.07) is 4.38. The van der Waals surface area contributed by atoms with Gasteiger partial charge in [-0.3, -0.25) is 4.98 Å². The zero-order chi connectivity index (χ0) is 11.5. The molecular weight excluding hydrogens is 269 g/mol. The Kier molecular flexibility index (Phi) is 7.60. The van der Waals surface area contributed by atoms with E-state index in [1.165, 1.54) is 24.2 Å². The van der Waals surface area contributed by atoms with Crippen LogP contribution in [-0.4, -0.2) is 32.2 Å². The molecule has 0 aliphatic carbocycles. The van der Waals surface area contributed by atoms with E-state index in [1.807, 2.05) is 0 Å². The van der Waals surface area contributed by atoms with Crippen LogP contribution in [-0.2, 0) is 0 Å². The van der Waals surface area contributed by atoms with Gasteiger partial charge in [0.05, 0.1) is 0 Å². The Morgan fingerprint density at radius 3 is 2.33 bits per heavy atom. The molecular formula is C13H23Cl2N3. The maximum absolute atomic E-state index is 4.69. The van der Waals surface area contributed by atoms with E-state index in [4.69, 9.17) is 0 Å². The summed E-state index contributed by atoms with van der Waals surface area (Å²) in [5, 5.41) is 3.40. The summed E-state index contributed by atoms with van der Waals surface area (Å²) in [4.78, 5) is 6.84. The van der Waals surface area contributed by atoms with Gasteiger partial charge in [-0.25, -0.2) is 0 Å².